The van der Waals surface area contributed by atoms with E-state index in [0.29, 0.717) is 29.1 Å². The molecule has 0 radical (unpaired) electrons. The highest BCUT2D eigenvalue weighted by atomic mass is 35.5. The summed E-state index contributed by atoms with van der Waals surface area (Å²) in [6.07, 6.45) is 6.62. The van der Waals surface area contributed by atoms with Gasteiger partial charge in [0.15, 0.2) is 5.82 Å². The Bertz CT molecular complexity index is 790. The van der Waals surface area contributed by atoms with Crippen LogP contribution in [0.5, 0.6) is 0 Å². The number of pyridine rings is 1. The first-order valence-corrected chi connectivity index (χ1v) is 7.87. The molecular formula is C15H16ClN5O. The largest absolute Gasteiger partial charge is 0.363 e. The number of nitrogens with one attached hydrogen (secondary N) is 2. The van der Waals surface area contributed by atoms with Crippen LogP contribution < -0.4 is 5.32 Å². The highest BCUT2D eigenvalue weighted by molar-refractivity contribution is 6.35. The van der Waals surface area contributed by atoms with Crippen LogP contribution in [0.15, 0.2) is 22.9 Å². The minimum absolute atomic E-state index is 0.434. The van der Waals surface area contributed by atoms with Crippen molar-refractivity contribution in [3.05, 3.63) is 35.1 Å². The lowest BCUT2D eigenvalue weighted by Crippen LogP contribution is -2.03. The number of fused-ring (bicyclic) bond motifs is 1. The fourth-order valence-corrected chi connectivity index (χ4v) is 3.19. The molecule has 0 amide bonds. The minimum Gasteiger partial charge on any atom is -0.363 e. The maximum absolute atomic E-state index is 6.23. The van der Waals surface area contributed by atoms with Gasteiger partial charge in [0.1, 0.15) is 11.5 Å². The van der Waals surface area contributed by atoms with Crippen LogP contribution >= 0.6 is 11.6 Å². The van der Waals surface area contributed by atoms with E-state index in [1.807, 2.05) is 12.3 Å². The van der Waals surface area contributed by atoms with Gasteiger partial charge in [0.25, 0.3) is 0 Å². The second-order valence-electron chi connectivity index (χ2n) is 5.61. The standard InChI is InChI=1S/C15H16ClN5O/c16-11-7-12(19-14-10(11)5-6-17-14)18-8-13-20-15(22-21-13)9-3-1-2-4-9/h5-7,9H,1-4,8H2,(H2,17,18,19). The van der Waals surface area contributed by atoms with Crippen molar-refractivity contribution < 1.29 is 4.52 Å². The van der Waals surface area contributed by atoms with Crippen LogP contribution in [0.3, 0.4) is 0 Å². The van der Waals surface area contributed by atoms with Gasteiger partial charge >= 0.3 is 0 Å². The van der Waals surface area contributed by atoms with Crippen LogP contribution in [0.25, 0.3) is 11.0 Å². The van der Waals surface area contributed by atoms with Gasteiger partial charge in [0.05, 0.1) is 11.6 Å². The predicted molar refractivity (Wildman–Crippen MR) is 83.9 cm³/mol. The van der Waals surface area contributed by atoms with Gasteiger partial charge in [-0.1, -0.05) is 29.6 Å². The van der Waals surface area contributed by atoms with E-state index in [1.54, 1.807) is 6.07 Å². The maximum atomic E-state index is 6.23. The van der Waals surface area contributed by atoms with E-state index in [-0.39, 0.29) is 0 Å². The summed E-state index contributed by atoms with van der Waals surface area (Å²) in [5.74, 6) is 2.53. The van der Waals surface area contributed by atoms with Gasteiger partial charge in [0, 0.05) is 17.5 Å². The van der Waals surface area contributed by atoms with E-state index >= 15 is 0 Å². The first-order chi connectivity index (χ1) is 10.8. The van der Waals surface area contributed by atoms with E-state index in [2.05, 4.69) is 25.4 Å². The summed E-state index contributed by atoms with van der Waals surface area (Å²) in [7, 11) is 0. The molecule has 0 bridgehead atoms. The Kier molecular flexibility index (Phi) is 3.46. The molecule has 3 heterocycles. The zero-order chi connectivity index (χ0) is 14.9. The summed E-state index contributed by atoms with van der Waals surface area (Å²) in [5.41, 5.74) is 0.759. The van der Waals surface area contributed by atoms with Crippen molar-refractivity contribution in [1.29, 1.82) is 0 Å². The highest BCUT2D eigenvalue weighted by Gasteiger charge is 2.22. The third kappa shape index (κ3) is 2.54. The van der Waals surface area contributed by atoms with Gasteiger partial charge in [-0.25, -0.2) is 4.98 Å². The molecule has 1 fully saturated rings. The molecule has 22 heavy (non-hydrogen) atoms. The molecule has 3 aromatic rings. The number of aromatic amines is 1. The number of nitrogens with zero attached hydrogens (tertiary/aromatic N) is 3. The molecule has 3 aromatic heterocycles. The average Bonchev–Trinajstić information content (AvgIpc) is 3.25. The topological polar surface area (TPSA) is 79.6 Å². The van der Waals surface area contributed by atoms with Crippen molar-refractivity contribution in [2.75, 3.05) is 5.32 Å². The molecule has 0 aliphatic heterocycles. The number of aromatic nitrogens is 4. The van der Waals surface area contributed by atoms with E-state index in [0.717, 1.165) is 29.8 Å². The monoisotopic (exact) mass is 317 g/mol. The summed E-state index contributed by atoms with van der Waals surface area (Å²) < 4.78 is 5.36. The first-order valence-electron chi connectivity index (χ1n) is 7.49. The smallest absolute Gasteiger partial charge is 0.229 e. The average molecular weight is 318 g/mol. The van der Waals surface area contributed by atoms with Crippen LogP contribution in [0.2, 0.25) is 5.02 Å². The lowest BCUT2D eigenvalue weighted by Gasteiger charge is -2.04. The highest BCUT2D eigenvalue weighted by Crippen LogP contribution is 2.33. The number of H-pyrrole nitrogens is 1. The quantitative estimate of drug-likeness (QED) is 0.763. The molecule has 0 spiro atoms. The van der Waals surface area contributed by atoms with E-state index < -0.39 is 0 Å². The lowest BCUT2D eigenvalue weighted by molar-refractivity contribution is 0.350. The number of halogens is 1. The molecule has 0 atom stereocenters. The van der Waals surface area contributed by atoms with E-state index in [4.69, 9.17) is 16.1 Å². The third-order valence-corrected chi connectivity index (χ3v) is 4.41. The molecule has 0 aromatic carbocycles. The van der Waals surface area contributed by atoms with Gasteiger partial charge < -0.3 is 14.8 Å². The van der Waals surface area contributed by atoms with Crippen LogP contribution in [0, 0.1) is 0 Å². The summed E-state index contributed by atoms with van der Waals surface area (Å²) >= 11 is 6.23. The van der Waals surface area contributed by atoms with Gasteiger partial charge in [-0.05, 0) is 25.0 Å². The van der Waals surface area contributed by atoms with Crippen LogP contribution in [-0.4, -0.2) is 20.1 Å². The van der Waals surface area contributed by atoms with E-state index in [9.17, 15) is 0 Å². The molecule has 0 unspecified atom stereocenters. The summed E-state index contributed by atoms with van der Waals surface area (Å²) in [4.78, 5) is 12.0. The number of anilines is 1. The molecule has 7 heteroatoms. The SMILES string of the molecule is Clc1cc(NCc2noc(C3CCCC3)n2)nc2[nH]ccc12. The fraction of sp³-hybridized carbons (Fsp3) is 0.400. The van der Waals surface area contributed by atoms with Crippen molar-refractivity contribution in [3.63, 3.8) is 0 Å². The molecule has 1 aliphatic carbocycles. The second kappa shape index (κ2) is 5.61. The molecule has 114 valence electrons. The number of hydrogen-bond donors (Lipinski definition) is 2. The van der Waals surface area contributed by atoms with Crippen molar-refractivity contribution in [2.45, 2.75) is 38.1 Å². The van der Waals surface area contributed by atoms with Crippen LogP contribution in [0.1, 0.15) is 43.3 Å². The zero-order valence-corrected chi connectivity index (χ0v) is 12.7. The summed E-state index contributed by atoms with van der Waals surface area (Å²) in [6, 6.07) is 3.71. The van der Waals surface area contributed by atoms with Gasteiger partial charge in [-0.15, -0.1) is 0 Å². The molecular weight excluding hydrogens is 302 g/mol. The van der Waals surface area contributed by atoms with Gasteiger partial charge in [0.2, 0.25) is 5.89 Å². The normalized spacial score (nSPS) is 15.7. The predicted octanol–water partition coefficient (Wildman–Crippen LogP) is 3.87. The van der Waals surface area contributed by atoms with Crippen LogP contribution in [0.4, 0.5) is 5.82 Å². The Hall–Kier alpha value is -2.08. The van der Waals surface area contributed by atoms with Crippen molar-refractivity contribution in [3.8, 4) is 0 Å². The summed E-state index contributed by atoms with van der Waals surface area (Å²) in [5, 5.41) is 8.79. The van der Waals surface area contributed by atoms with Crippen molar-refractivity contribution >= 4 is 28.5 Å². The Morgan fingerprint density at radius 1 is 1.32 bits per heavy atom. The zero-order valence-electron chi connectivity index (χ0n) is 12.0. The van der Waals surface area contributed by atoms with E-state index in [1.165, 1.54) is 12.8 Å². The second-order valence-corrected chi connectivity index (χ2v) is 6.02. The molecule has 4 rings (SSSR count). The van der Waals surface area contributed by atoms with Gasteiger partial charge in [-0.3, -0.25) is 0 Å². The first kappa shape index (κ1) is 13.6. The maximum Gasteiger partial charge on any atom is 0.229 e. The Labute approximate surface area is 132 Å². The third-order valence-electron chi connectivity index (χ3n) is 4.09. The van der Waals surface area contributed by atoms with Crippen molar-refractivity contribution in [1.82, 2.24) is 20.1 Å². The molecule has 1 aliphatic rings. The Morgan fingerprint density at radius 3 is 3.05 bits per heavy atom. The number of hydrogen-bond acceptors (Lipinski definition) is 5. The van der Waals surface area contributed by atoms with Gasteiger partial charge in [-0.2, -0.15) is 4.98 Å². The molecule has 1 saturated carbocycles. The molecule has 0 saturated heterocycles. The number of rotatable bonds is 4. The minimum atomic E-state index is 0.434. The fourth-order valence-electron chi connectivity index (χ4n) is 2.93. The lowest BCUT2D eigenvalue weighted by atomic mass is 10.1. The van der Waals surface area contributed by atoms with Crippen molar-refractivity contribution in [2.24, 2.45) is 0 Å². The van der Waals surface area contributed by atoms with Crippen LogP contribution in [-0.2, 0) is 6.54 Å². The Balaban J connectivity index is 1.47. The Morgan fingerprint density at radius 2 is 2.18 bits per heavy atom. The summed E-state index contributed by atoms with van der Waals surface area (Å²) in [6.45, 7) is 0.464. The molecule has 6 nitrogen and oxygen atoms in total. The molecule has 2 N–H and O–H groups in total.